The largest absolute Gasteiger partial charge is 0.309 e. The molecule has 2 fully saturated rings. The van der Waals surface area contributed by atoms with Gasteiger partial charge in [0.25, 0.3) is 0 Å². The predicted octanol–water partition coefficient (Wildman–Crippen LogP) is 2.90. The van der Waals surface area contributed by atoms with Crippen LogP contribution in [-0.4, -0.2) is 36.6 Å². The van der Waals surface area contributed by atoms with Crippen molar-refractivity contribution in [3.05, 3.63) is 22.4 Å². The van der Waals surface area contributed by atoms with E-state index < -0.39 is 0 Å². The lowest BCUT2D eigenvalue weighted by atomic mass is 9.80. The van der Waals surface area contributed by atoms with Crippen LogP contribution in [0.15, 0.2) is 16.8 Å². The molecule has 1 aliphatic heterocycles. The number of nitrogens with one attached hydrogen (secondary N) is 1. The Kier molecular flexibility index (Phi) is 4.02. The Balaban J connectivity index is 1.53. The Morgan fingerprint density at radius 2 is 2.17 bits per heavy atom. The molecule has 0 atom stereocenters. The van der Waals surface area contributed by atoms with Crippen molar-refractivity contribution in [2.75, 3.05) is 26.2 Å². The summed E-state index contributed by atoms with van der Waals surface area (Å²) in [4.78, 5) is 2.68. The highest BCUT2D eigenvalue weighted by Gasteiger charge is 2.35. The monoisotopic (exact) mass is 264 g/mol. The van der Waals surface area contributed by atoms with Crippen molar-refractivity contribution in [1.29, 1.82) is 0 Å². The molecule has 0 aromatic carbocycles. The zero-order valence-electron chi connectivity index (χ0n) is 11.2. The molecular formula is C15H24N2S. The van der Waals surface area contributed by atoms with Gasteiger partial charge < -0.3 is 5.32 Å². The Bertz CT molecular complexity index is 349. The molecule has 3 rings (SSSR count). The Labute approximate surface area is 114 Å². The van der Waals surface area contributed by atoms with Gasteiger partial charge in [0.2, 0.25) is 0 Å². The van der Waals surface area contributed by atoms with Gasteiger partial charge in [-0.2, -0.15) is 11.3 Å². The van der Waals surface area contributed by atoms with Gasteiger partial charge in [0.15, 0.2) is 0 Å². The second-order valence-corrected chi connectivity index (χ2v) is 6.71. The third-order valence-corrected chi connectivity index (χ3v) is 5.29. The van der Waals surface area contributed by atoms with Crippen molar-refractivity contribution in [3.8, 4) is 0 Å². The molecule has 100 valence electrons. The van der Waals surface area contributed by atoms with E-state index in [0.717, 1.165) is 0 Å². The van der Waals surface area contributed by atoms with E-state index in [9.17, 15) is 0 Å². The van der Waals surface area contributed by atoms with E-state index in [1.165, 1.54) is 70.3 Å². The van der Waals surface area contributed by atoms with Crippen LogP contribution >= 0.6 is 11.3 Å². The normalized spacial score (nSPS) is 24.4. The van der Waals surface area contributed by atoms with Crippen LogP contribution in [0, 0.1) is 0 Å². The first kappa shape index (κ1) is 12.6. The number of rotatable bonds is 3. The molecule has 0 amide bonds. The molecule has 1 aliphatic carbocycles. The molecule has 0 unspecified atom stereocenters. The molecule has 0 bridgehead atoms. The molecule has 1 spiro atoms. The molecule has 18 heavy (non-hydrogen) atoms. The lowest BCUT2D eigenvalue weighted by Gasteiger charge is -2.46. The van der Waals surface area contributed by atoms with Crippen molar-refractivity contribution < 1.29 is 0 Å². The quantitative estimate of drug-likeness (QED) is 0.903. The van der Waals surface area contributed by atoms with Crippen LogP contribution in [0.5, 0.6) is 0 Å². The molecule has 2 heterocycles. The SMILES string of the molecule is c1cc(CCN2CCNC3(CCCCC3)C2)cs1. The average molecular weight is 264 g/mol. The second-order valence-electron chi connectivity index (χ2n) is 5.93. The molecule has 3 heteroatoms. The van der Waals surface area contributed by atoms with Crippen molar-refractivity contribution in [1.82, 2.24) is 10.2 Å². The minimum atomic E-state index is 0.463. The summed E-state index contributed by atoms with van der Waals surface area (Å²) < 4.78 is 0. The first-order valence-corrected chi connectivity index (χ1v) is 8.29. The minimum Gasteiger partial charge on any atom is -0.309 e. The molecule has 1 N–H and O–H groups in total. The highest BCUT2D eigenvalue weighted by Crippen LogP contribution is 2.30. The third-order valence-electron chi connectivity index (χ3n) is 4.56. The van der Waals surface area contributed by atoms with Gasteiger partial charge in [-0.15, -0.1) is 0 Å². The summed E-state index contributed by atoms with van der Waals surface area (Å²) in [5.74, 6) is 0. The predicted molar refractivity (Wildman–Crippen MR) is 78.3 cm³/mol. The summed E-state index contributed by atoms with van der Waals surface area (Å²) in [7, 11) is 0. The van der Waals surface area contributed by atoms with Crippen LogP contribution in [0.4, 0.5) is 0 Å². The Morgan fingerprint density at radius 1 is 1.28 bits per heavy atom. The molecule has 1 saturated carbocycles. The fourth-order valence-electron chi connectivity index (χ4n) is 3.52. The van der Waals surface area contributed by atoms with Gasteiger partial charge in [0, 0.05) is 31.7 Å². The lowest BCUT2D eigenvalue weighted by Crippen LogP contribution is -2.61. The standard InChI is InChI=1S/C15H24N2S/c1-2-6-15(7-3-1)13-17(10-8-16-15)9-4-14-5-11-18-12-14/h5,11-12,16H,1-4,6-10,13H2. The molecule has 1 aromatic rings. The summed E-state index contributed by atoms with van der Waals surface area (Å²) in [5.41, 5.74) is 1.97. The van der Waals surface area contributed by atoms with E-state index in [1.54, 1.807) is 0 Å². The summed E-state index contributed by atoms with van der Waals surface area (Å²) in [5, 5.41) is 8.30. The highest BCUT2D eigenvalue weighted by atomic mass is 32.1. The van der Waals surface area contributed by atoms with Crippen molar-refractivity contribution in [2.24, 2.45) is 0 Å². The maximum atomic E-state index is 3.82. The van der Waals surface area contributed by atoms with E-state index in [4.69, 9.17) is 0 Å². The smallest absolute Gasteiger partial charge is 0.0309 e. The summed E-state index contributed by atoms with van der Waals surface area (Å²) in [6.45, 7) is 4.92. The van der Waals surface area contributed by atoms with Gasteiger partial charge in [-0.3, -0.25) is 4.90 Å². The van der Waals surface area contributed by atoms with Crippen LogP contribution < -0.4 is 5.32 Å². The molecule has 0 radical (unpaired) electrons. The summed E-state index contributed by atoms with van der Waals surface area (Å²) in [6, 6.07) is 2.27. The fraction of sp³-hybridized carbons (Fsp3) is 0.733. The number of hydrogen-bond donors (Lipinski definition) is 1. The van der Waals surface area contributed by atoms with Gasteiger partial charge in [-0.25, -0.2) is 0 Å². The topological polar surface area (TPSA) is 15.3 Å². The van der Waals surface area contributed by atoms with Crippen LogP contribution in [0.3, 0.4) is 0 Å². The molecule has 2 nitrogen and oxygen atoms in total. The van der Waals surface area contributed by atoms with Crippen LogP contribution in [0.1, 0.15) is 37.7 Å². The van der Waals surface area contributed by atoms with E-state index in [1.807, 2.05) is 11.3 Å². The van der Waals surface area contributed by atoms with Gasteiger partial charge in [-0.05, 0) is 41.7 Å². The molecular weight excluding hydrogens is 240 g/mol. The fourth-order valence-corrected chi connectivity index (χ4v) is 4.22. The zero-order chi connectivity index (χ0) is 12.3. The minimum absolute atomic E-state index is 0.463. The number of piperazine rings is 1. The molecule has 2 aliphatic rings. The number of hydrogen-bond acceptors (Lipinski definition) is 3. The van der Waals surface area contributed by atoms with E-state index in [-0.39, 0.29) is 0 Å². The van der Waals surface area contributed by atoms with Gasteiger partial charge >= 0.3 is 0 Å². The van der Waals surface area contributed by atoms with Gasteiger partial charge in [0.1, 0.15) is 0 Å². The first-order valence-electron chi connectivity index (χ1n) is 7.35. The maximum absolute atomic E-state index is 3.82. The highest BCUT2D eigenvalue weighted by molar-refractivity contribution is 7.07. The van der Waals surface area contributed by atoms with E-state index in [2.05, 4.69) is 27.0 Å². The lowest BCUT2D eigenvalue weighted by molar-refractivity contribution is 0.100. The first-order chi connectivity index (χ1) is 8.86. The molecule has 1 aromatic heterocycles. The zero-order valence-corrected chi connectivity index (χ0v) is 12.0. The number of nitrogens with zero attached hydrogens (tertiary/aromatic N) is 1. The number of thiophene rings is 1. The van der Waals surface area contributed by atoms with E-state index in [0.29, 0.717) is 5.54 Å². The average Bonchev–Trinajstić information content (AvgIpc) is 2.91. The van der Waals surface area contributed by atoms with Crippen molar-refractivity contribution in [2.45, 2.75) is 44.1 Å². The van der Waals surface area contributed by atoms with E-state index >= 15 is 0 Å². The third kappa shape index (κ3) is 2.95. The van der Waals surface area contributed by atoms with Crippen molar-refractivity contribution in [3.63, 3.8) is 0 Å². The van der Waals surface area contributed by atoms with Crippen molar-refractivity contribution >= 4 is 11.3 Å². The second kappa shape index (κ2) is 5.72. The maximum Gasteiger partial charge on any atom is 0.0309 e. The van der Waals surface area contributed by atoms with Crippen LogP contribution in [0.2, 0.25) is 0 Å². The van der Waals surface area contributed by atoms with Crippen LogP contribution in [-0.2, 0) is 6.42 Å². The molecule has 1 saturated heterocycles. The van der Waals surface area contributed by atoms with Crippen LogP contribution in [0.25, 0.3) is 0 Å². The Morgan fingerprint density at radius 3 is 2.94 bits per heavy atom. The Hall–Kier alpha value is -0.380. The van der Waals surface area contributed by atoms with Gasteiger partial charge in [0.05, 0.1) is 0 Å². The van der Waals surface area contributed by atoms with Gasteiger partial charge in [-0.1, -0.05) is 19.3 Å². The summed E-state index contributed by atoms with van der Waals surface area (Å²) >= 11 is 1.82. The summed E-state index contributed by atoms with van der Waals surface area (Å²) in [6.07, 6.45) is 8.29.